The Morgan fingerprint density at radius 3 is 2.33 bits per heavy atom. The minimum absolute atomic E-state index is 0.314. The van der Waals surface area contributed by atoms with Crippen molar-refractivity contribution in [2.75, 3.05) is 39.3 Å². The Morgan fingerprint density at radius 2 is 1.58 bits per heavy atom. The van der Waals surface area contributed by atoms with Crippen molar-refractivity contribution < 1.29 is 4.79 Å². The molecule has 2 saturated heterocycles. The summed E-state index contributed by atoms with van der Waals surface area (Å²) in [7, 11) is 0. The Hall–Kier alpha value is -2.80. The van der Waals surface area contributed by atoms with E-state index < -0.39 is 0 Å². The molecule has 0 saturated carbocycles. The van der Waals surface area contributed by atoms with Gasteiger partial charge in [-0.3, -0.25) is 9.48 Å². The molecule has 2 aromatic carbocycles. The molecular formula is C39H54N4OS. The molecule has 4 aromatic rings. The van der Waals surface area contributed by atoms with Crippen molar-refractivity contribution in [1.29, 1.82) is 0 Å². The number of fused-ring (bicyclic) bond motifs is 2. The van der Waals surface area contributed by atoms with Crippen molar-refractivity contribution in [1.82, 2.24) is 19.6 Å². The molecular weight excluding hydrogens is 573 g/mol. The van der Waals surface area contributed by atoms with E-state index in [-0.39, 0.29) is 0 Å². The molecule has 0 N–H and O–H groups in total. The summed E-state index contributed by atoms with van der Waals surface area (Å²) in [6.45, 7) is 12.7. The summed E-state index contributed by atoms with van der Waals surface area (Å²) < 4.78 is 3.36. The molecule has 0 amide bonds. The minimum Gasteiger partial charge on any atom is -0.303 e. The molecule has 242 valence electrons. The number of carbonyl (C=O) groups excluding carboxylic acids is 1. The second-order valence-corrected chi connectivity index (χ2v) is 14.1. The van der Waals surface area contributed by atoms with Gasteiger partial charge in [0.2, 0.25) is 0 Å². The summed E-state index contributed by atoms with van der Waals surface area (Å²) in [5.41, 5.74) is 2.91. The van der Waals surface area contributed by atoms with E-state index in [4.69, 9.17) is 0 Å². The van der Waals surface area contributed by atoms with E-state index in [0.717, 1.165) is 30.3 Å². The fraction of sp³-hybridized carbons (Fsp3) is 0.538. The standard InChI is InChI=1S/C21H29NOS.C18H25N3/c1-2-3-7-17-11-14-22(15-12-17)13-6-9-19(23)21-16-18-8-4-5-10-20(18)24-21;1-2-6-16-9-13-20(14-10-16)11-5-12-21-18-8-4-3-7-17(18)15-19-21/h4-5,8,10,16-17H,2-3,6-7,9,11-15H2,1H3;3-4,6-8,15H,2,5,9-14H2,1H3. The Morgan fingerprint density at radius 1 is 0.867 bits per heavy atom. The van der Waals surface area contributed by atoms with Crippen LogP contribution in [0.1, 0.15) is 94.1 Å². The lowest BCUT2D eigenvalue weighted by Gasteiger charge is -2.31. The molecule has 2 fully saturated rings. The number of unbranched alkanes of at least 4 members (excludes halogenated alkanes) is 1. The van der Waals surface area contributed by atoms with Crippen molar-refractivity contribution >= 4 is 38.1 Å². The maximum atomic E-state index is 12.4. The number of aryl methyl sites for hydroxylation is 1. The zero-order chi connectivity index (χ0) is 31.3. The van der Waals surface area contributed by atoms with Crippen LogP contribution in [0.2, 0.25) is 0 Å². The van der Waals surface area contributed by atoms with E-state index in [1.54, 1.807) is 16.9 Å². The smallest absolute Gasteiger partial charge is 0.172 e. The first-order valence-electron chi connectivity index (χ1n) is 17.7. The van der Waals surface area contributed by atoms with E-state index in [1.807, 2.05) is 18.3 Å². The first-order valence-corrected chi connectivity index (χ1v) is 18.5. The number of nitrogens with zero attached hydrogens (tertiary/aromatic N) is 4. The highest BCUT2D eigenvalue weighted by atomic mass is 32.1. The van der Waals surface area contributed by atoms with Crippen molar-refractivity contribution in [2.24, 2.45) is 5.92 Å². The molecule has 2 aromatic heterocycles. The van der Waals surface area contributed by atoms with Gasteiger partial charge in [0.1, 0.15) is 0 Å². The number of benzene rings is 2. The largest absolute Gasteiger partial charge is 0.303 e. The lowest BCUT2D eigenvalue weighted by molar-refractivity contribution is 0.0974. The van der Waals surface area contributed by atoms with Gasteiger partial charge < -0.3 is 9.80 Å². The molecule has 2 aliphatic heterocycles. The van der Waals surface area contributed by atoms with Gasteiger partial charge in [-0.1, -0.05) is 81.2 Å². The fourth-order valence-electron chi connectivity index (χ4n) is 6.90. The van der Waals surface area contributed by atoms with Crippen LogP contribution in [0.5, 0.6) is 0 Å². The van der Waals surface area contributed by atoms with Crippen molar-refractivity contribution in [3.8, 4) is 0 Å². The van der Waals surface area contributed by atoms with Gasteiger partial charge in [-0.2, -0.15) is 5.10 Å². The first kappa shape index (κ1) is 33.6. The quantitative estimate of drug-likeness (QED) is 0.109. The van der Waals surface area contributed by atoms with Crippen LogP contribution in [0.15, 0.2) is 72.4 Å². The number of likely N-dealkylation sites (tertiary alicyclic amines) is 2. The lowest BCUT2D eigenvalue weighted by atomic mass is 9.91. The Balaban J connectivity index is 0.000000179. The van der Waals surface area contributed by atoms with Gasteiger partial charge in [-0.25, -0.2) is 0 Å². The number of piperidine rings is 2. The van der Waals surface area contributed by atoms with Crippen LogP contribution in [0.4, 0.5) is 0 Å². The maximum absolute atomic E-state index is 12.4. The molecule has 6 heteroatoms. The summed E-state index contributed by atoms with van der Waals surface area (Å²) in [6, 6.07) is 18.8. The highest BCUT2D eigenvalue weighted by molar-refractivity contribution is 7.20. The molecule has 0 radical (unpaired) electrons. The molecule has 2 aliphatic rings. The topological polar surface area (TPSA) is 41.4 Å². The summed E-state index contributed by atoms with van der Waals surface area (Å²) >= 11 is 1.64. The molecule has 0 aliphatic carbocycles. The molecule has 6 rings (SSSR count). The van der Waals surface area contributed by atoms with Crippen molar-refractivity contribution in [3.63, 3.8) is 0 Å². The average molecular weight is 627 g/mol. The number of carbonyl (C=O) groups is 1. The third-order valence-electron chi connectivity index (χ3n) is 9.64. The predicted molar refractivity (Wildman–Crippen MR) is 192 cm³/mol. The summed E-state index contributed by atoms with van der Waals surface area (Å²) in [5.74, 6) is 1.26. The Kier molecular flexibility index (Phi) is 13.3. The van der Waals surface area contributed by atoms with Gasteiger partial charge in [0.25, 0.3) is 0 Å². The number of ketones is 1. The van der Waals surface area contributed by atoms with Crippen LogP contribution in [-0.4, -0.2) is 64.6 Å². The van der Waals surface area contributed by atoms with E-state index in [9.17, 15) is 4.79 Å². The molecule has 45 heavy (non-hydrogen) atoms. The summed E-state index contributed by atoms with van der Waals surface area (Å²) in [6.07, 6.45) is 17.8. The highest BCUT2D eigenvalue weighted by Gasteiger charge is 2.19. The monoisotopic (exact) mass is 626 g/mol. The second kappa shape index (κ2) is 17.8. The van der Waals surface area contributed by atoms with E-state index in [0.29, 0.717) is 12.2 Å². The Labute approximate surface area is 275 Å². The highest BCUT2D eigenvalue weighted by Crippen LogP contribution is 2.27. The lowest BCUT2D eigenvalue weighted by Crippen LogP contribution is -2.34. The maximum Gasteiger partial charge on any atom is 0.172 e. The van der Waals surface area contributed by atoms with Crippen LogP contribution < -0.4 is 0 Å². The number of para-hydroxylation sites is 1. The van der Waals surface area contributed by atoms with Gasteiger partial charge in [0.05, 0.1) is 16.6 Å². The van der Waals surface area contributed by atoms with E-state index in [2.05, 4.69) is 82.0 Å². The fourth-order valence-corrected chi connectivity index (χ4v) is 7.93. The molecule has 5 nitrogen and oxygen atoms in total. The number of hydrogen-bond acceptors (Lipinski definition) is 5. The van der Waals surface area contributed by atoms with Crippen LogP contribution in [-0.2, 0) is 6.54 Å². The number of hydrogen-bond donors (Lipinski definition) is 0. The third kappa shape index (κ3) is 10.1. The number of thiophene rings is 1. The predicted octanol–water partition coefficient (Wildman–Crippen LogP) is 9.62. The Bertz CT molecular complexity index is 1450. The van der Waals surface area contributed by atoms with Gasteiger partial charge >= 0.3 is 0 Å². The van der Waals surface area contributed by atoms with Crippen LogP contribution in [0.3, 0.4) is 0 Å². The van der Waals surface area contributed by atoms with Crippen LogP contribution in [0.25, 0.3) is 21.0 Å². The molecule has 0 unspecified atom stereocenters. The van der Waals surface area contributed by atoms with Gasteiger partial charge in [0.15, 0.2) is 5.78 Å². The van der Waals surface area contributed by atoms with E-state index >= 15 is 0 Å². The minimum atomic E-state index is 0.314. The normalized spacial score (nSPS) is 16.6. The first-order chi connectivity index (χ1) is 22.1. The van der Waals surface area contributed by atoms with Gasteiger partial charge in [-0.05, 0) is 101 Å². The molecule has 4 heterocycles. The zero-order valence-electron chi connectivity index (χ0n) is 27.8. The van der Waals surface area contributed by atoms with Gasteiger partial charge in [-0.15, -0.1) is 11.3 Å². The van der Waals surface area contributed by atoms with Crippen molar-refractivity contribution in [2.45, 2.75) is 91.0 Å². The summed E-state index contributed by atoms with van der Waals surface area (Å²) in [5, 5.41) is 6.94. The van der Waals surface area contributed by atoms with Gasteiger partial charge in [0, 0.05) is 36.1 Å². The van der Waals surface area contributed by atoms with Crippen LogP contribution >= 0.6 is 11.3 Å². The van der Waals surface area contributed by atoms with Crippen molar-refractivity contribution in [3.05, 3.63) is 77.3 Å². The SMILES string of the molecule is CCC=C1CCN(CCCn2ncc3ccccc32)CC1.CCCCC1CCN(CCCC(=O)c2cc3ccccc3s2)CC1. The average Bonchev–Trinajstić information content (AvgIpc) is 3.70. The second-order valence-electron chi connectivity index (χ2n) is 13.0. The molecule has 0 atom stereocenters. The number of allylic oxidation sites excluding steroid dienone is 1. The zero-order valence-corrected chi connectivity index (χ0v) is 28.6. The number of Topliss-reactive ketones (excluding diaryl/α,β-unsaturated/α-hetero) is 1. The molecule has 0 bridgehead atoms. The molecule has 0 spiro atoms. The third-order valence-corrected chi connectivity index (χ3v) is 10.8. The van der Waals surface area contributed by atoms with Crippen LogP contribution in [0, 0.1) is 5.92 Å². The number of rotatable bonds is 13. The van der Waals surface area contributed by atoms with E-state index in [1.165, 1.54) is 112 Å². The number of aromatic nitrogens is 2. The summed E-state index contributed by atoms with van der Waals surface area (Å²) in [4.78, 5) is 18.5.